The normalized spacial score (nSPS) is 12.6. The lowest BCUT2D eigenvalue weighted by Crippen LogP contribution is -2.45. The Hall–Kier alpha value is -1.40. The van der Waals surface area contributed by atoms with Crippen molar-refractivity contribution in [3.8, 4) is 0 Å². The predicted molar refractivity (Wildman–Crippen MR) is 292 cm³/mol. The van der Waals surface area contributed by atoms with Gasteiger partial charge in [0.15, 0.2) is 0 Å². The Bertz CT molecular complexity index is 1000. The molecule has 3 N–H and O–H groups in total. The third-order valence-corrected chi connectivity index (χ3v) is 14.3. The zero-order valence-electron chi connectivity index (χ0n) is 45.4. The molecule has 398 valence electrons. The fourth-order valence-electron chi connectivity index (χ4n) is 9.62. The minimum Gasteiger partial charge on any atom is -0.466 e. The summed E-state index contributed by atoms with van der Waals surface area (Å²) in [6, 6.07) is -0.545. The number of aliphatic hydroxyl groups is 2. The third-order valence-electron chi connectivity index (χ3n) is 14.3. The Morgan fingerprint density at radius 1 is 0.403 bits per heavy atom. The van der Waals surface area contributed by atoms with Crippen molar-refractivity contribution in [3.63, 3.8) is 0 Å². The van der Waals surface area contributed by atoms with Crippen molar-refractivity contribution in [2.45, 2.75) is 353 Å². The van der Waals surface area contributed by atoms with Gasteiger partial charge in [0, 0.05) is 12.8 Å². The molecule has 2 unspecified atom stereocenters. The Labute approximate surface area is 419 Å². The van der Waals surface area contributed by atoms with Gasteiger partial charge in [-0.15, -0.1) is 0 Å². The van der Waals surface area contributed by atoms with Gasteiger partial charge in [-0.2, -0.15) is 0 Å². The number of esters is 1. The molecule has 0 radical (unpaired) electrons. The van der Waals surface area contributed by atoms with Crippen LogP contribution in [0.5, 0.6) is 0 Å². The van der Waals surface area contributed by atoms with Crippen LogP contribution in [0.25, 0.3) is 0 Å². The number of allylic oxidation sites excluding steroid dienone is 2. The largest absolute Gasteiger partial charge is 0.466 e. The molecule has 0 aliphatic carbocycles. The number of nitrogens with one attached hydrogen (secondary N) is 1. The molecule has 0 aliphatic heterocycles. The van der Waals surface area contributed by atoms with E-state index in [0.29, 0.717) is 25.9 Å². The highest BCUT2D eigenvalue weighted by molar-refractivity contribution is 5.76. The molecule has 0 aliphatic rings. The monoisotopic (exact) mass is 946 g/mol. The van der Waals surface area contributed by atoms with Gasteiger partial charge < -0.3 is 20.3 Å². The first kappa shape index (κ1) is 65.6. The van der Waals surface area contributed by atoms with Crippen molar-refractivity contribution in [1.82, 2.24) is 5.32 Å². The second-order valence-corrected chi connectivity index (χ2v) is 21.0. The summed E-state index contributed by atoms with van der Waals surface area (Å²) in [5.41, 5.74) is 0. The van der Waals surface area contributed by atoms with Crippen molar-refractivity contribution < 1.29 is 24.5 Å². The summed E-state index contributed by atoms with van der Waals surface area (Å²) in [5, 5.41) is 23.4. The van der Waals surface area contributed by atoms with Crippen molar-refractivity contribution >= 4 is 11.9 Å². The average Bonchev–Trinajstić information content (AvgIpc) is 3.33. The lowest BCUT2D eigenvalue weighted by Gasteiger charge is -2.22. The third kappa shape index (κ3) is 53.8. The maximum atomic E-state index is 12.5. The van der Waals surface area contributed by atoms with E-state index in [-0.39, 0.29) is 18.5 Å². The Kier molecular flexibility index (Phi) is 56.0. The zero-order chi connectivity index (χ0) is 48.6. The number of amides is 1. The molecular formula is C61H119NO5. The van der Waals surface area contributed by atoms with E-state index in [2.05, 4.69) is 31.3 Å². The summed E-state index contributed by atoms with van der Waals surface area (Å²) in [7, 11) is 0. The van der Waals surface area contributed by atoms with Gasteiger partial charge >= 0.3 is 5.97 Å². The van der Waals surface area contributed by atoms with Crippen molar-refractivity contribution in [1.29, 1.82) is 0 Å². The Morgan fingerprint density at radius 3 is 1.10 bits per heavy atom. The van der Waals surface area contributed by atoms with E-state index in [1.807, 2.05) is 0 Å². The minimum atomic E-state index is -0.667. The van der Waals surface area contributed by atoms with Crippen LogP contribution in [-0.2, 0) is 14.3 Å². The maximum absolute atomic E-state index is 12.5. The second kappa shape index (κ2) is 57.2. The molecule has 0 saturated carbocycles. The number of ether oxygens (including phenoxy) is 1. The number of carbonyl (C=O) groups is 2. The van der Waals surface area contributed by atoms with Gasteiger partial charge in [-0.3, -0.25) is 9.59 Å². The summed E-state index contributed by atoms with van der Waals surface area (Å²) in [6.45, 7) is 4.93. The molecule has 0 heterocycles. The van der Waals surface area contributed by atoms with E-state index in [9.17, 15) is 19.8 Å². The fraction of sp³-hybridized carbons (Fsp3) is 0.934. The first-order chi connectivity index (χ1) is 33.0. The molecule has 0 spiro atoms. The van der Waals surface area contributed by atoms with E-state index >= 15 is 0 Å². The average molecular weight is 947 g/mol. The Balaban J connectivity index is 3.41. The molecule has 6 nitrogen and oxygen atoms in total. The van der Waals surface area contributed by atoms with Crippen molar-refractivity contribution in [2.75, 3.05) is 13.2 Å². The van der Waals surface area contributed by atoms with Crippen LogP contribution in [0, 0.1) is 0 Å². The summed E-state index contributed by atoms with van der Waals surface area (Å²) in [4.78, 5) is 24.5. The number of rotatable bonds is 57. The smallest absolute Gasteiger partial charge is 0.305 e. The highest BCUT2D eigenvalue weighted by Gasteiger charge is 2.20. The minimum absolute atomic E-state index is 0.00292. The summed E-state index contributed by atoms with van der Waals surface area (Å²) in [6.07, 6.45) is 67.8. The lowest BCUT2D eigenvalue weighted by molar-refractivity contribution is -0.143. The van der Waals surface area contributed by atoms with E-state index in [1.54, 1.807) is 0 Å². The van der Waals surface area contributed by atoms with Crippen LogP contribution in [0.2, 0.25) is 0 Å². The predicted octanol–water partition coefficient (Wildman–Crippen LogP) is 18.9. The first-order valence-corrected chi connectivity index (χ1v) is 30.4. The van der Waals surface area contributed by atoms with Crippen LogP contribution in [-0.4, -0.2) is 47.4 Å². The van der Waals surface area contributed by atoms with E-state index in [0.717, 1.165) is 44.9 Å². The Morgan fingerprint density at radius 2 is 0.716 bits per heavy atom. The molecule has 6 heteroatoms. The van der Waals surface area contributed by atoms with Crippen LogP contribution in [0.15, 0.2) is 12.2 Å². The van der Waals surface area contributed by atoms with Crippen LogP contribution in [0.1, 0.15) is 341 Å². The van der Waals surface area contributed by atoms with Crippen molar-refractivity contribution in [2.24, 2.45) is 0 Å². The van der Waals surface area contributed by atoms with Gasteiger partial charge in [-0.1, -0.05) is 296 Å². The number of carbonyl (C=O) groups excluding carboxylic acids is 2. The first-order valence-electron chi connectivity index (χ1n) is 30.4. The maximum Gasteiger partial charge on any atom is 0.305 e. The summed E-state index contributed by atoms with van der Waals surface area (Å²) in [5.74, 6) is -0.0383. The molecule has 0 bridgehead atoms. The van der Waals surface area contributed by atoms with Crippen LogP contribution in [0.3, 0.4) is 0 Å². The highest BCUT2D eigenvalue weighted by Crippen LogP contribution is 2.18. The summed E-state index contributed by atoms with van der Waals surface area (Å²) >= 11 is 0. The highest BCUT2D eigenvalue weighted by atomic mass is 16.5. The number of aliphatic hydroxyl groups excluding tert-OH is 2. The number of hydrogen-bond acceptors (Lipinski definition) is 5. The van der Waals surface area contributed by atoms with Gasteiger partial charge in [0.2, 0.25) is 5.91 Å². The van der Waals surface area contributed by atoms with E-state index in [1.165, 1.54) is 263 Å². The van der Waals surface area contributed by atoms with Gasteiger partial charge in [0.05, 0.1) is 25.4 Å². The van der Waals surface area contributed by atoms with E-state index < -0.39 is 12.1 Å². The number of unbranched alkanes of at least 4 members (excludes halogenated alkanes) is 44. The molecule has 1 amide bonds. The lowest BCUT2D eigenvalue weighted by atomic mass is 10.0. The van der Waals surface area contributed by atoms with Gasteiger partial charge in [-0.25, -0.2) is 0 Å². The van der Waals surface area contributed by atoms with Gasteiger partial charge in [0.1, 0.15) is 0 Å². The van der Waals surface area contributed by atoms with Crippen LogP contribution >= 0.6 is 0 Å². The summed E-state index contributed by atoms with van der Waals surface area (Å²) < 4.78 is 5.45. The standard InChI is InChI=1S/C61H119NO5/c1-3-5-7-9-11-13-15-16-17-18-19-20-21-24-27-30-34-37-41-45-49-53-59(64)58(57-63)62-60(65)54-50-46-42-38-35-31-28-25-22-23-26-29-32-36-40-44-48-52-56-67-61(66)55-51-47-43-39-33-14-12-10-8-6-4-2/h10,12,58-59,63-64H,3-9,11,13-57H2,1-2H3,(H,62,65)/b12-10-. The molecule has 0 rings (SSSR count). The molecular weight excluding hydrogens is 827 g/mol. The molecule has 0 aromatic rings. The molecule has 67 heavy (non-hydrogen) atoms. The van der Waals surface area contributed by atoms with Crippen molar-refractivity contribution in [3.05, 3.63) is 12.2 Å². The van der Waals surface area contributed by atoms with E-state index in [4.69, 9.17) is 4.74 Å². The number of hydrogen-bond donors (Lipinski definition) is 3. The topological polar surface area (TPSA) is 95.9 Å². The van der Waals surface area contributed by atoms with Crippen LogP contribution in [0.4, 0.5) is 0 Å². The fourth-order valence-corrected chi connectivity index (χ4v) is 9.62. The quantitative estimate of drug-likeness (QED) is 0.0321. The molecule has 0 aromatic carbocycles. The molecule has 0 saturated heterocycles. The second-order valence-electron chi connectivity index (χ2n) is 21.0. The van der Waals surface area contributed by atoms with Crippen LogP contribution < -0.4 is 5.32 Å². The molecule has 0 fully saturated rings. The molecule has 0 aromatic heterocycles. The van der Waals surface area contributed by atoms with Gasteiger partial charge in [-0.05, 0) is 44.9 Å². The molecule has 2 atom stereocenters. The van der Waals surface area contributed by atoms with Gasteiger partial charge in [0.25, 0.3) is 0 Å². The SMILES string of the molecule is CCCC/C=C\CCCCCCCC(=O)OCCCCCCCCCCCCCCCCCCCCC(=O)NC(CO)C(O)CCCCCCCCCCCCCCCCCCCCCCC. The zero-order valence-corrected chi connectivity index (χ0v) is 45.4.